The molecular formula is C19H22N6O3S. The zero-order chi connectivity index (χ0) is 20.5. The maximum Gasteiger partial charge on any atom is 0.330 e. The lowest BCUT2D eigenvalue weighted by Gasteiger charge is -2.04. The fourth-order valence-corrected chi connectivity index (χ4v) is 4.11. The molecule has 0 fully saturated rings. The van der Waals surface area contributed by atoms with Crippen LogP contribution in [0.2, 0.25) is 0 Å². The van der Waals surface area contributed by atoms with E-state index in [0.717, 1.165) is 34.8 Å². The number of aryl methyl sites for hydroxylation is 2. The number of hydrogen-bond acceptors (Lipinski definition) is 6. The maximum absolute atomic E-state index is 12.3. The van der Waals surface area contributed by atoms with Gasteiger partial charge in [0.1, 0.15) is 11.6 Å². The van der Waals surface area contributed by atoms with E-state index in [4.69, 9.17) is 4.74 Å². The molecule has 3 aromatic heterocycles. The molecule has 0 saturated carbocycles. The summed E-state index contributed by atoms with van der Waals surface area (Å²) < 4.78 is 8.53. The Morgan fingerprint density at radius 1 is 1.21 bits per heavy atom. The molecule has 0 bridgehead atoms. The van der Waals surface area contributed by atoms with Crippen molar-refractivity contribution in [2.24, 2.45) is 7.05 Å². The third-order valence-electron chi connectivity index (χ3n) is 4.85. The number of thioether (sulfide) groups is 1. The Morgan fingerprint density at radius 2 is 2.03 bits per heavy atom. The Labute approximate surface area is 170 Å². The molecule has 0 aliphatic carbocycles. The predicted molar refractivity (Wildman–Crippen MR) is 113 cm³/mol. The second-order valence-electron chi connectivity index (χ2n) is 6.74. The van der Waals surface area contributed by atoms with Crippen molar-refractivity contribution in [1.29, 1.82) is 0 Å². The molecule has 0 aliphatic rings. The Kier molecular flexibility index (Phi) is 5.18. The number of nitrogens with zero attached hydrogens (tertiary/aromatic N) is 4. The molecule has 0 atom stereocenters. The van der Waals surface area contributed by atoms with Crippen LogP contribution in [0, 0.1) is 0 Å². The third kappa shape index (κ3) is 3.55. The van der Waals surface area contributed by atoms with Gasteiger partial charge in [-0.2, -0.15) is 0 Å². The van der Waals surface area contributed by atoms with E-state index in [-0.39, 0.29) is 0 Å². The summed E-state index contributed by atoms with van der Waals surface area (Å²) in [6.45, 7) is 2.58. The van der Waals surface area contributed by atoms with Crippen molar-refractivity contribution < 1.29 is 4.74 Å². The van der Waals surface area contributed by atoms with E-state index in [9.17, 15) is 9.59 Å². The molecule has 4 aromatic rings. The second-order valence-corrected chi connectivity index (χ2v) is 7.70. The lowest BCUT2D eigenvalue weighted by molar-refractivity contribution is 0.415. The number of methoxy groups -OCH3 is 1. The second kappa shape index (κ2) is 7.78. The van der Waals surface area contributed by atoms with Gasteiger partial charge >= 0.3 is 5.69 Å². The summed E-state index contributed by atoms with van der Waals surface area (Å²) in [7, 11) is 3.42. The molecule has 0 radical (unpaired) electrons. The Bertz CT molecular complexity index is 1300. The van der Waals surface area contributed by atoms with E-state index in [0.29, 0.717) is 29.3 Å². The first-order valence-corrected chi connectivity index (χ1v) is 10.4. The van der Waals surface area contributed by atoms with E-state index in [1.807, 2.05) is 18.2 Å². The highest BCUT2D eigenvalue weighted by Gasteiger charge is 2.17. The fraction of sp³-hybridized carbons (Fsp3) is 0.368. The van der Waals surface area contributed by atoms with Gasteiger partial charge < -0.3 is 14.3 Å². The molecule has 29 heavy (non-hydrogen) atoms. The molecule has 0 spiro atoms. The van der Waals surface area contributed by atoms with Crippen LogP contribution in [0.4, 0.5) is 0 Å². The first kappa shape index (κ1) is 19.3. The highest BCUT2D eigenvalue weighted by molar-refractivity contribution is 7.98. The summed E-state index contributed by atoms with van der Waals surface area (Å²) in [4.78, 5) is 39.4. The molecule has 152 valence electrons. The number of imidazole rings is 2. The predicted octanol–water partition coefficient (Wildman–Crippen LogP) is 2.40. The highest BCUT2D eigenvalue weighted by Crippen LogP contribution is 2.25. The van der Waals surface area contributed by atoms with Gasteiger partial charge in [-0.05, 0) is 18.6 Å². The van der Waals surface area contributed by atoms with Crippen LogP contribution >= 0.6 is 11.8 Å². The first-order chi connectivity index (χ1) is 14.0. The van der Waals surface area contributed by atoms with Gasteiger partial charge in [0, 0.05) is 19.7 Å². The average molecular weight is 414 g/mol. The number of hydrogen-bond donors (Lipinski definition) is 2. The van der Waals surface area contributed by atoms with E-state index >= 15 is 0 Å². The zero-order valence-electron chi connectivity index (χ0n) is 16.5. The largest absolute Gasteiger partial charge is 0.497 e. The van der Waals surface area contributed by atoms with E-state index < -0.39 is 11.2 Å². The normalized spacial score (nSPS) is 11.6. The number of benzene rings is 1. The maximum atomic E-state index is 12.3. The molecule has 10 heteroatoms. The lowest BCUT2D eigenvalue weighted by atomic mass is 10.3. The van der Waals surface area contributed by atoms with Crippen LogP contribution in [0.5, 0.6) is 5.75 Å². The minimum atomic E-state index is -0.417. The van der Waals surface area contributed by atoms with Gasteiger partial charge in [-0.25, -0.2) is 14.8 Å². The molecule has 3 heterocycles. The molecule has 1 aromatic carbocycles. The molecule has 0 amide bonds. The standard InChI is InChI=1S/C19H22N6O3S/c1-4-5-8-25-16-15(17(26)23-19(25)27)24(2)14(22-16)10-29-18-20-12-7-6-11(28-3)9-13(12)21-18/h6-7,9H,4-5,8,10H2,1-3H3,(H,20,21)(H,23,26,27). The van der Waals surface area contributed by atoms with Crippen molar-refractivity contribution in [3.8, 4) is 5.75 Å². The summed E-state index contributed by atoms with van der Waals surface area (Å²) in [5.74, 6) is 1.96. The molecule has 4 rings (SSSR count). The molecule has 2 N–H and O–H groups in total. The number of aromatic nitrogens is 6. The van der Waals surface area contributed by atoms with Gasteiger partial charge in [0.25, 0.3) is 5.56 Å². The highest BCUT2D eigenvalue weighted by atomic mass is 32.2. The molecule has 0 aliphatic heterocycles. The Balaban J connectivity index is 1.66. The van der Waals surface area contributed by atoms with Crippen LogP contribution in [0.3, 0.4) is 0 Å². The number of aromatic amines is 2. The number of rotatable bonds is 7. The minimum Gasteiger partial charge on any atom is -0.497 e. The number of H-pyrrole nitrogens is 2. The SMILES string of the molecule is CCCCn1c(=O)[nH]c(=O)c2c1nc(CSc1nc3ccc(OC)cc3[nH]1)n2C. The summed E-state index contributed by atoms with van der Waals surface area (Å²) in [6, 6.07) is 5.66. The van der Waals surface area contributed by atoms with Gasteiger partial charge in [-0.1, -0.05) is 25.1 Å². The average Bonchev–Trinajstić information content (AvgIpc) is 3.26. The van der Waals surface area contributed by atoms with E-state index in [1.54, 1.807) is 23.3 Å². The topological polar surface area (TPSA) is 111 Å². The Morgan fingerprint density at radius 3 is 2.79 bits per heavy atom. The van der Waals surface area contributed by atoms with Crippen LogP contribution in [-0.4, -0.2) is 36.2 Å². The van der Waals surface area contributed by atoms with Crippen LogP contribution < -0.4 is 16.0 Å². The smallest absolute Gasteiger partial charge is 0.330 e. The first-order valence-electron chi connectivity index (χ1n) is 9.36. The summed E-state index contributed by atoms with van der Waals surface area (Å²) >= 11 is 1.49. The van der Waals surface area contributed by atoms with Gasteiger partial charge in [0.2, 0.25) is 0 Å². The van der Waals surface area contributed by atoms with Crippen LogP contribution in [0.1, 0.15) is 25.6 Å². The molecule has 9 nitrogen and oxygen atoms in total. The van der Waals surface area contributed by atoms with Crippen LogP contribution in [-0.2, 0) is 19.3 Å². The Hall–Kier alpha value is -3.01. The van der Waals surface area contributed by atoms with Crippen molar-refractivity contribution in [3.05, 3.63) is 44.9 Å². The van der Waals surface area contributed by atoms with Gasteiger partial charge in [0.05, 0.1) is 23.9 Å². The minimum absolute atomic E-state index is 0.408. The van der Waals surface area contributed by atoms with Crippen molar-refractivity contribution in [2.45, 2.75) is 37.2 Å². The quantitative estimate of drug-likeness (QED) is 0.449. The van der Waals surface area contributed by atoms with E-state index in [2.05, 4.69) is 26.9 Å². The van der Waals surface area contributed by atoms with Crippen molar-refractivity contribution in [2.75, 3.05) is 7.11 Å². The number of ether oxygens (including phenoxy) is 1. The van der Waals surface area contributed by atoms with Crippen molar-refractivity contribution in [3.63, 3.8) is 0 Å². The summed E-state index contributed by atoms with van der Waals surface area (Å²) in [5, 5.41) is 0.748. The number of nitrogens with one attached hydrogen (secondary N) is 2. The molecule has 0 unspecified atom stereocenters. The third-order valence-corrected chi connectivity index (χ3v) is 5.72. The van der Waals surface area contributed by atoms with E-state index in [1.165, 1.54) is 11.8 Å². The monoisotopic (exact) mass is 414 g/mol. The van der Waals surface area contributed by atoms with Gasteiger partial charge in [-0.3, -0.25) is 14.3 Å². The van der Waals surface area contributed by atoms with Gasteiger partial charge in [-0.15, -0.1) is 0 Å². The molecular weight excluding hydrogens is 392 g/mol. The number of unbranched alkanes of at least 4 members (excludes halogenated alkanes) is 1. The number of fused-ring (bicyclic) bond motifs is 2. The van der Waals surface area contributed by atoms with Gasteiger partial charge in [0.15, 0.2) is 16.3 Å². The summed E-state index contributed by atoms with van der Waals surface area (Å²) in [5.41, 5.74) is 1.74. The zero-order valence-corrected chi connectivity index (χ0v) is 17.3. The van der Waals surface area contributed by atoms with Crippen molar-refractivity contribution in [1.82, 2.24) is 29.1 Å². The lowest BCUT2D eigenvalue weighted by Crippen LogP contribution is -2.31. The molecule has 0 saturated heterocycles. The van der Waals surface area contributed by atoms with Crippen LogP contribution in [0.25, 0.3) is 22.2 Å². The summed E-state index contributed by atoms with van der Waals surface area (Å²) in [6.07, 6.45) is 1.78. The fourth-order valence-electron chi connectivity index (χ4n) is 3.24. The van der Waals surface area contributed by atoms with Crippen molar-refractivity contribution >= 4 is 34.0 Å². The van der Waals surface area contributed by atoms with Crippen LogP contribution in [0.15, 0.2) is 32.9 Å².